The summed E-state index contributed by atoms with van der Waals surface area (Å²) >= 11 is 0. The summed E-state index contributed by atoms with van der Waals surface area (Å²) in [7, 11) is 0. The fourth-order valence-corrected chi connectivity index (χ4v) is 5.51. The molecule has 2 aromatic carbocycles. The molecule has 6 rings (SSSR count). The van der Waals surface area contributed by atoms with Gasteiger partial charge in [0.1, 0.15) is 11.5 Å². The molecule has 4 aromatic rings. The Kier molecular flexibility index (Phi) is 6.65. The number of benzene rings is 2. The second kappa shape index (κ2) is 10.5. The lowest BCUT2D eigenvalue weighted by Gasteiger charge is -2.36. The first kappa shape index (κ1) is 24.0. The number of hydrogen-bond acceptors (Lipinski definition) is 5. The largest absolute Gasteiger partial charge is 0.368 e. The fourth-order valence-electron chi connectivity index (χ4n) is 5.51. The molecule has 192 valence electrons. The molecule has 7 heteroatoms. The highest BCUT2D eigenvalue weighted by molar-refractivity contribution is 6.47. The van der Waals surface area contributed by atoms with E-state index in [1.165, 1.54) is 0 Å². The number of hydrogen-bond donors (Lipinski definition) is 1. The normalized spacial score (nSPS) is 15.2. The van der Waals surface area contributed by atoms with E-state index in [0.29, 0.717) is 11.4 Å². The Balaban J connectivity index is 1.14. The second-order valence-corrected chi connectivity index (χ2v) is 9.86. The lowest BCUT2D eigenvalue weighted by molar-refractivity contribution is -0.112. The summed E-state index contributed by atoms with van der Waals surface area (Å²) < 4.78 is 2.04. The van der Waals surface area contributed by atoms with Crippen molar-refractivity contribution in [1.29, 1.82) is 0 Å². The molecule has 4 heterocycles. The number of carbonyl (C=O) groups excluding carboxylic acids is 2. The first-order valence-corrected chi connectivity index (χ1v) is 13.3. The molecule has 0 unspecified atom stereocenters. The number of rotatable bonds is 6. The van der Waals surface area contributed by atoms with Gasteiger partial charge in [-0.25, -0.2) is 4.98 Å². The van der Waals surface area contributed by atoms with Gasteiger partial charge in [-0.3, -0.25) is 9.59 Å². The van der Waals surface area contributed by atoms with Crippen molar-refractivity contribution in [2.75, 3.05) is 41.3 Å². The average molecular weight is 506 g/mol. The van der Waals surface area contributed by atoms with Crippen LogP contribution in [0.4, 0.5) is 17.2 Å². The maximum absolute atomic E-state index is 13.5. The molecule has 0 aliphatic carbocycles. The SMILES string of the molecule is O=C(Nc1ccc(N2CCN(c3ccccn3)CC2)cc1)C(=O)c1c(-c2ccccc2)cc2n1CCCC2. The molecule has 0 saturated carbocycles. The molecule has 38 heavy (non-hydrogen) atoms. The quantitative estimate of drug-likeness (QED) is 0.294. The molecule has 1 fully saturated rings. The zero-order valence-electron chi connectivity index (χ0n) is 21.3. The second-order valence-electron chi connectivity index (χ2n) is 9.86. The van der Waals surface area contributed by atoms with Gasteiger partial charge < -0.3 is 19.7 Å². The topological polar surface area (TPSA) is 70.5 Å². The molecule has 1 amide bonds. The number of piperazine rings is 1. The highest BCUT2D eigenvalue weighted by Crippen LogP contribution is 2.31. The standard InChI is InChI=1S/C31H31N5O2/c37-30(29-27(23-8-2-1-3-9-23)22-26-10-5-7-17-36(26)29)31(38)33-24-12-14-25(15-13-24)34-18-20-35(21-19-34)28-11-4-6-16-32-28/h1-4,6,8-9,11-16,22H,5,7,10,17-21H2,(H,33,38). The van der Waals surface area contributed by atoms with Crippen LogP contribution in [0.25, 0.3) is 11.1 Å². The minimum Gasteiger partial charge on any atom is -0.368 e. The van der Waals surface area contributed by atoms with E-state index in [9.17, 15) is 9.59 Å². The summed E-state index contributed by atoms with van der Waals surface area (Å²) in [6.45, 7) is 4.34. The van der Waals surface area contributed by atoms with Crippen LogP contribution < -0.4 is 15.1 Å². The molecular formula is C31H31N5O2. The van der Waals surface area contributed by atoms with E-state index in [4.69, 9.17) is 0 Å². The van der Waals surface area contributed by atoms with E-state index >= 15 is 0 Å². The van der Waals surface area contributed by atoms with Crippen LogP contribution in [-0.4, -0.2) is 47.4 Å². The number of pyridine rings is 1. The summed E-state index contributed by atoms with van der Waals surface area (Å²) in [5.74, 6) is -0.0911. The molecule has 2 aliphatic rings. The third-order valence-corrected chi connectivity index (χ3v) is 7.50. The molecule has 2 aliphatic heterocycles. The van der Waals surface area contributed by atoms with Crippen molar-refractivity contribution >= 4 is 28.9 Å². The van der Waals surface area contributed by atoms with Crippen LogP contribution in [-0.2, 0) is 17.8 Å². The molecular weight excluding hydrogens is 474 g/mol. The first-order chi connectivity index (χ1) is 18.7. The van der Waals surface area contributed by atoms with Crippen molar-refractivity contribution in [3.63, 3.8) is 0 Å². The Morgan fingerprint density at radius 1 is 0.763 bits per heavy atom. The predicted octanol–water partition coefficient (Wildman–Crippen LogP) is 5.03. The van der Waals surface area contributed by atoms with Crippen molar-refractivity contribution in [2.24, 2.45) is 0 Å². The number of carbonyl (C=O) groups is 2. The van der Waals surface area contributed by atoms with E-state index in [0.717, 1.165) is 80.3 Å². The number of fused-ring (bicyclic) bond motifs is 1. The summed E-state index contributed by atoms with van der Waals surface area (Å²) in [4.78, 5) is 35.7. The number of anilines is 3. The van der Waals surface area contributed by atoms with Crippen LogP contribution in [0.3, 0.4) is 0 Å². The summed E-state index contributed by atoms with van der Waals surface area (Å²) in [5, 5.41) is 2.84. The number of aryl methyl sites for hydroxylation is 1. The van der Waals surface area contributed by atoms with Crippen molar-refractivity contribution < 1.29 is 9.59 Å². The molecule has 0 bridgehead atoms. The molecule has 1 saturated heterocycles. The monoisotopic (exact) mass is 505 g/mol. The third kappa shape index (κ3) is 4.79. The van der Waals surface area contributed by atoms with Gasteiger partial charge in [0.05, 0.1) is 0 Å². The van der Waals surface area contributed by atoms with E-state index < -0.39 is 11.7 Å². The highest BCUT2D eigenvalue weighted by Gasteiger charge is 2.28. The van der Waals surface area contributed by atoms with Gasteiger partial charge in [-0.15, -0.1) is 0 Å². The van der Waals surface area contributed by atoms with Gasteiger partial charge in [0.15, 0.2) is 0 Å². The van der Waals surface area contributed by atoms with Crippen molar-refractivity contribution in [2.45, 2.75) is 25.8 Å². The minimum atomic E-state index is -0.606. The Morgan fingerprint density at radius 3 is 2.24 bits per heavy atom. The van der Waals surface area contributed by atoms with Crippen LogP contribution in [0.5, 0.6) is 0 Å². The molecule has 1 N–H and O–H groups in total. The maximum Gasteiger partial charge on any atom is 0.298 e. The maximum atomic E-state index is 13.5. The predicted molar refractivity (Wildman–Crippen MR) is 151 cm³/mol. The third-order valence-electron chi connectivity index (χ3n) is 7.50. The zero-order chi connectivity index (χ0) is 25.9. The number of aromatic nitrogens is 2. The van der Waals surface area contributed by atoms with Gasteiger partial charge in [0.25, 0.3) is 11.7 Å². The molecule has 7 nitrogen and oxygen atoms in total. The van der Waals surface area contributed by atoms with Crippen LogP contribution in [0, 0.1) is 0 Å². The van der Waals surface area contributed by atoms with E-state index in [2.05, 4.69) is 26.2 Å². The van der Waals surface area contributed by atoms with Crippen molar-refractivity contribution in [3.05, 3.63) is 96.4 Å². The lowest BCUT2D eigenvalue weighted by atomic mass is 10.0. The Hall–Kier alpha value is -4.39. The molecule has 0 atom stereocenters. The van der Waals surface area contributed by atoms with Gasteiger partial charge in [0.2, 0.25) is 0 Å². The summed E-state index contributed by atoms with van der Waals surface area (Å²) in [6, 6.07) is 25.7. The number of nitrogens with zero attached hydrogens (tertiary/aromatic N) is 4. The van der Waals surface area contributed by atoms with Gasteiger partial charge in [-0.05, 0) is 67.3 Å². The summed E-state index contributed by atoms with van der Waals surface area (Å²) in [5.41, 5.74) is 5.12. The molecule has 0 radical (unpaired) electrons. The zero-order valence-corrected chi connectivity index (χ0v) is 21.3. The lowest BCUT2D eigenvalue weighted by Crippen LogP contribution is -2.46. The van der Waals surface area contributed by atoms with E-state index in [1.807, 2.05) is 83.6 Å². The van der Waals surface area contributed by atoms with E-state index in [-0.39, 0.29) is 0 Å². The summed E-state index contributed by atoms with van der Waals surface area (Å²) in [6.07, 6.45) is 4.86. The Labute approximate surface area is 222 Å². The van der Waals surface area contributed by atoms with Crippen LogP contribution in [0.1, 0.15) is 29.0 Å². The Morgan fingerprint density at radius 2 is 1.50 bits per heavy atom. The average Bonchev–Trinajstić information content (AvgIpc) is 3.38. The minimum absolute atomic E-state index is 0.491. The van der Waals surface area contributed by atoms with Crippen LogP contribution >= 0.6 is 0 Å². The van der Waals surface area contributed by atoms with Gasteiger partial charge in [0, 0.05) is 61.6 Å². The number of Topliss-reactive ketones (excluding diaryl/α,β-unsaturated/α-hetero) is 1. The van der Waals surface area contributed by atoms with Crippen LogP contribution in [0.2, 0.25) is 0 Å². The van der Waals surface area contributed by atoms with Crippen LogP contribution in [0.15, 0.2) is 85.1 Å². The first-order valence-electron chi connectivity index (χ1n) is 13.3. The molecule has 0 spiro atoms. The van der Waals surface area contributed by atoms with Gasteiger partial charge in [-0.1, -0.05) is 36.4 Å². The fraction of sp³-hybridized carbons (Fsp3) is 0.258. The van der Waals surface area contributed by atoms with Gasteiger partial charge >= 0.3 is 0 Å². The number of ketones is 1. The molecule has 2 aromatic heterocycles. The number of nitrogens with one attached hydrogen (secondary N) is 1. The number of amides is 1. The highest BCUT2D eigenvalue weighted by atomic mass is 16.2. The smallest absolute Gasteiger partial charge is 0.298 e. The van der Waals surface area contributed by atoms with Gasteiger partial charge in [-0.2, -0.15) is 0 Å². The van der Waals surface area contributed by atoms with E-state index in [1.54, 1.807) is 0 Å². The van der Waals surface area contributed by atoms with Crippen molar-refractivity contribution in [3.8, 4) is 11.1 Å². The van der Waals surface area contributed by atoms with Crippen molar-refractivity contribution in [1.82, 2.24) is 9.55 Å². The Bertz CT molecular complexity index is 1420.